The number of rotatable bonds is 5. The van der Waals surface area contributed by atoms with Crippen molar-refractivity contribution in [2.45, 2.75) is 11.8 Å². The number of carbonyl (C=O) groups is 1. The summed E-state index contributed by atoms with van der Waals surface area (Å²) in [5.41, 5.74) is 2.46. The molecule has 0 aromatic heterocycles. The largest absolute Gasteiger partial charge is 0.277 e. The van der Waals surface area contributed by atoms with Gasteiger partial charge in [-0.1, -0.05) is 6.92 Å². The highest BCUT2D eigenvalue weighted by Crippen LogP contribution is 2.10. The molecule has 0 spiro atoms. The molecule has 17 heavy (non-hydrogen) atoms. The highest BCUT2D eigenvalue weighted by molar-refractivity contribution is 7.89. The number of benzene rings is 1. The molecular weight excluding hydrogens is 244 g/mol. The molecule has 0 radical (unpaired) electrons. The molecular formula is C10H14N2O4S. The molecule has 0 aliphatic carbocycles. The van der Waals surface area contributed by atoms with Gasteiger partial charge in [0.2, 0.25) is 10.0 Å². The Balaban J connectivity index is 2.92. The average molecular weight is 258 g/mol. The molecule has 0 saturated carbocycles. The summed E-state index contributed by atoms with van der Waals surface area (Å²) in [5.74, 6) is -0.431. The number of amides is 1. The smallest absolute Gasteiger partial charge is 0.274 e. The second-order valence-corrected chi connectivity index (χ2v) is 4.93. The Bertz CT molecular complexity index is 482. The number of hydrogen-bond acceptors (Lipinski definition) is 4. The van der Waals surface area contributed by atoms with Crippen molar-refractivity contribution < 1.29 is 18.0 Å². The Morgan fingerprint density at radius 2 is 1.88 bits per heavy atom. The summed E-state index contributed by atoms with van der Waals surface area (Å²) in [6.45, 7) is 2.01. The average Bonchev–Trinajstić information content (AvgIpc) is 2.29. The van der Waals surface area contributed by atoms with Crippen LogP contribution in [0.5, 0.6) is 0 Å². The first-order chi connectivity index (χ1) is 8.01. The third kappa shape index (κ3) is 3.52. The zero-order valence-electron chi connectivity index (χ0n) is 9.56. The summed E-state index contributed by atoms with van der Waals surface area (Å²) in [5, 5.41) is 0. The van der Waals surface area contributed by atoms with E-state index in [1.807, 2.05) is 0 Å². The normalized spacial score (nSPS) is 11.2. The zero-order valence-corrected chi connectivity index (χ0v) is 10.4. The number of carbonyl (C=O) groups excluding carboxylic acids is 1. The van der Waals surface area contributed by atoms with E-state index in [0.717, 1.165) is 0 Å². The van der Waals surface area contributed by atoms with Crippen LogP contribution in [0.1, 0.15) is 17.3 Å². The molecule has 0 unspecified atom stereocenters. The van der Waals surface area contributed by atoms with Gasteiger partial charge in [0.15, 0.2) is 0 Å². The van der Waals surface area contributed by atoms with E-state index in [-0.39, 0.29) is 4.90 Å². The lowest BCUT2D eigenvalue weighted by Gasteiger charge is -2.05. The second-order valence-electron chi connectivity index (χ2n) is 3.16. The Kier molecular flexibility index (Phi) is 4.62. The fraction of sp³-hybridized carbons (Fsp3) is 0.300. The van der Waals surface area contributed by atoms with Gasteiger partial charge in [0.05, 0.1) is 12.0 Å². The molecule has 2 N–H and O–H groups in total. The Morgan fingerprint density at radius 1 is 1.29 bits per heavy atom. The van der Waals surface area contributed by atoms with Crippen LogP contribution in [0.15, 0.2) is 29.2 Å². The van der Waals surface area contributed by atoms with Crippen LogP contribution in [-0.2, 0) is 14.9 Å². The van der Waals surface area contributed by atoms with Gasteiger partial charge in [-0.25, -0.2) is 18.6 Å². The van der Waals surface area contributed by atoms with Crippen LogP contribution in [-0.4, -0.2) is 28.0 Å². The summed E-state index contributed by atoms with van der Waals surface area (Å²) in [6, 6.07) is 5.56. The molecule has 6 nitrogen and oxygen atoms in total. The van der Waals surface area contributed by atoms with Gasteiger partial charge in [0.25, 0.3) is 5.91 Å². The van der Waals surface area contributed by atoms with E-state index in [4.69, 9.17) is 0 Å². The van der Waals surface area contributed by atoms with Crippen molar-refractivity contribution in [3.8, 4) is 0 Å². The minimum atomic E-state index is -3.48. The van der Waals surface area contributed by atoms with Crippen LogP contribution in [0, 0.1) is 0 Å². The lowest BCUT2D eigenvalue weighted by atomic mass is 10.2. The molecule has 0 atom stereocenters. The molecule has 1 amide bonds. The first-order valence-electron chi connectivity index (χ1n) is 4.94. The van der Waals surface area contributed by atoms with E-state index < -0.39 is 15.9 Å². The SMILES string of the molecule is CCNS(=O)(=O)c1ccc(C(=O)NOC)cc1. The predicted octanol–water partition coefficient (Wildman–Crippen LogP) is 0.276. The summed E-state index contributed by atoms with van der Waals surface area (Å²) in [7, 11) is -2.16. The predicted molar refractivity (Wildman–Crippen MR) is 61.8 cm³/mol. The van der Waals surface area contributed by atoms with Crippen molar-refractivity contribution in [1.29, 1.82) is 0 Å². The molecule has 94 valence electrons. The molecule has 0 heterocycles. The molecule has 0 bridgehead atoms. The quantitative estimate of drug-likeness (QED) is 0.743. The van der Waals surface area contributed by atoms with Crippen molar-refractivity contribution >= 4 is 15.9 Å². The Hall–Kier alpha value is -1.44. The highest BCUT2D eigenvalue weighted by Gasteiger charge is 2.13. The maximum absolute atomic E-state index is 11.6. The first kappa shape index (κ1) is 13.6. The molecule has 7 heteroatoms. The molecule has 0 fully saturated rings. The van der Waals surface area contributed by atoms with Gasteiger partial charge in [0, 0.05) is 12.1 Å². The lowest BCUT2D eigenvalue weighted by Crippen LogP contribution is -2.24. The fourth-order valence-corrected chi connectivity index (χ4v) is 2.25. The van der Waals surface area contributed by atoms with Gasteiger partial charge < -0.3 is 0 Å². The van der Waals surface area contributed by atoms with Crippen molar-refractivity contribution in [3.63, 3.8) is 0 Å². The van der Waals surface area contributed by atoms with Crippen molar-refractivity contribution in [1.82, 2.24) is 10.2 Å². The van der Waals surface area contributed by atoms with Crippen LogP contribution in [0.3, 0.4) is 0 Å². The van der Waals surface area contributed by atoms with Crippen LogP contribution < -0.4 is 10.2 Å². The first-order valence-corrected chi connectivity index (χ1v) is 6.42. The third-order valence-electron chi connectivity index (χ3n) is 1.96. The van der Waals surface area contributed by atoms with Gasteiger partial charge in [0.1, 0.15) is 0 Å². The Morgan fingerprint density at radius 3 is 2.35 bits per heavy atom. The van der Waals surface area contributed by atoms with Crippen LogP contribution >= 0.6 is 0 Å². The molecule has 1 aromatic rings. The van der Waals surface area contributed by atoms with Crippen LogP contribution in [0.25, 0.3) is 0 Å². The number of hydrogen-bond donors (Lipinski definition) is 2. The summed E-state index contributed by atoms with van der Waals surface area (Å²) in [4.78, 5) is 15.9. The van der Waals surface area contributed by atoms with Gasteiger partial charge >= 0.3 is 0 Å². The minimum absolute atomic E-state index is 0.119. The lowest BCUT2D eigenvalue weighted by molar-refractivity contribution is 0.0537. The van der Waals surface area contributed by atoms with E-state index in [9.17, 15) is 13.2 Å². The highest BCUT2D eigenvalue weighted by atomic mass is 32.2. The number of hydroxylamine groups is 1. The zero-order chi connectivity index (χ0) is 12.9. The van der Waals surface area contributed by atoms with Gasteiger partial charge in [-0.3, -0.25) is 9.63 Å². The fourth-order valence-electron chi connectivity index (χ4n) is 1.21. The summed E-state index contributed by atoms with van der Waals surface area (Å²) >= 11 is 0. The molecule has 0 aliphatic heterocycles. The van der Waals surface area contributed by atoms with Crippen LogP contribution in [0.4, 0.5) is 0 Å². The van der Waals surface area contributed by atoms with Gasteiger partial charge in [-0.15, -0.1) is 0 Å². The molecule has 0 aliphatic rings. The monoisotopic (exact) mass is 258 g/mol. The standard InChI is InChI=1S/C10H14N2O4S/c1-3-11-17(14,15)9-6-4-8(5-7-9)10(13)12-16-2/h4-7,11H,3H2,1-2H3,(H,12,13). The maximum atomic E-state index is 11.6. The van der Waals surface area contributed by atoms with E-state index in [1.54, 1.807) is 6.92 Å². The summed E-state index contributed by atoms with van der Waals surface area (Å²) < 4.78 is 25.6. The second kappa shape index (κ2) is 5.76. The molecule has 1 rings (SSSR count). The van der Waals surface area contributed by atoms with E-state index >= 15 is 0 Å². The Labute approximate surface area is 100.0 Å². The van der Waals surface area contributed by atoms with Gasteiger partial charge in [-0.2, -0.15) is 0 Å². The van der Waals surface area contributed by atoms with E-state index in [2.05, 4.69) is 15.0 Å². The van der Waals surface area contributed by atoms with E-state index in [1.165, 1.54) is 31.4 Å². The topological polar surface area (TPSA) is 84.5 Å². The van der Waals surface area contributed by atoms with Gasteiger partial charge in [-0.05, 0) is 24.3 Å². The molecule has 1 aromatic carbocycles. The van der Waals surface area contributed by atoms with Crippen molar-refractivity contribution in [3.05, 3.63) is 29.8 Å². The van der Waals surface area contributed by atoms with Crippen molar-refractivity contribution in [2.75, 3.05) is 13.7 Å². The van der Waals surface area contributed by atoms with Crippen LogP contribution in [0.2, 0.25) is 0 Å². The van der Waals surface area contributed by atoms with E-state index in [0.29, 0.717) is 12.1 Å². The number of sulfonamides is 1. The molecule has 0 saturated heterocycles. The minimum Gasteiger partial charge on any atom is -0.277 e. The third-order valence-corrected chi connectivity index (χ3v) is 3.52. The number of nitrogens with one attached hydrogen (secondary N) is 2. The van der Waals surface area contributed by atoms with Crippen molar-refractivity contribution in [2.24, 2.45) is 0 Å². The summed E-state index contributed by atoms with van der Waals surface area (Å²) in [6.07, 6.45) is 0. The maximum Gasteiger partial charge on any atom is 0.274 e.